The van der Waals surface area contributed by atoms with Crippen molar-refractivity contribution >= 4 is 0 Å². The SMILES string of the molecule is Cn1nccc1CNCC1(C)CCCC1. The number of nitrogens with one attached hydrogen (secondary N) is 1. The molecule has 84 valence electrons. The van der Waals surface area contributed by atoms with E-state index in [0.29, 0.717) is 5.41 Å². The monoisotopic (exact) mass is 207 g/mol. The second kappa shape index (κ2) is 4.35. The summed E-state index contributed by atoms with van der Waals surface area (Å²) in [6.45, 7) is 4.47. The Labute approximate surface area is 91.9 Å². The van der Waals surface area contributed by atoms with Gasteiger partial charge in [0.25, 0.3) is 0 Å². The van der Waals surface area contributed by atoms with Gasteiger partial charge < -0.3 is 5.32 Å². The van der Waals surface area contributed by atoms with Crippen LogP contribution in [0.2, 0.25) is 0 Å². The van der Waals surface area contributed by atoms with Gasteiger partial charge in [0, 0.05) is 26.3 Å². The summed E-state index contributed by atoms with van der Waals surface area (Å²) < 4.78 is 1.93. The van der Waals surface area contributed by atoms with E-state index in [0.717, 1.165) is 13.1 Å². The maximum atomic E-state index is 4.16. The van der Waals surface area contributed by atoms with Crippen LogP contribution in [-0.4, -0.2) is 16.3 Å². The molecule has 0 saturated heterocycles. The van der Waals surface area contributed by atoms with E-state index in [4.69, 9.17) is 0 Å². The van der Waals surface area contributed by atoms with E-state index in [1.807, 2.05) is 17.9 Å². The number of aryl methyl sites for hydroxylation is 1. The fourth-order valence-electron chi connectivity index (χ4n) is 2.47. The number of aromatic nitrogens is 2. The predicted octanol–water partition coefficient (Wildman–Crippen LogP) is 2.09. The van der Waals surface area contributed by atoms with Gasteiger partial charge in [-0.05, 0) is 24.3 Å². The Kier molecular flexibility index (Phi) is 3.10. The molecule has 0 amide bonds. The summed E-state index contributed by atoms with van der Waals surface area (Å²) >= 11 is 0. The number of rotatable bonds is 4. The van der Waals surface area contributed by atoms with Crippen molar-refractivity contribution < 1.29 is 0 Å². The molecule has 1 N–H and O–H groups in total. The molecule has 0 aliphatic heterocycles. The van der Waals surface area contributed by atoms with Crippen LogP contribution in [0.15, 0.2) is 12.3 Å². The van der Waals surface area contributed by atoms with Gasteiger partial charge in [-0.3, -0.25) is 4.68 Å². The molecule has 0 spiro atoms. The van der Waals surface area contributed by atoms with Gasteiger partial charge in [0.2, 0.25) is 0 Å². The summed E-state index contributed by atoms with van der Waals surface area (Å²) in [4.78, 5) is 0. The summed E-state index contributed by atoms with van der Waals surface area (Å²) in [7, 11) is 1.99. The number of hydrogen-bond acceptors (Lipinski definition) is 2. The van der Waals surface area contributed by atoms with Crippen LogP contribution in [0.4, 0.5) is 0 Å². The fourth-order valence-corrected chi connectivity index (χ4v) is 2.47. The largest absolute Gasteiger partial charge is 0.311 e. The van der Waals surface area contributed by atoms with Crippen molar-refractivity contribution in [2.45, 2.75) is 39.2 Å². The highest BCUT2D eigenvalue weighted by atomic mass is 15.3. The van der Waals surface area contributed by atoms with Crippen molar-refractivity contribution in [2.24, 2.45) is 12.5 Å². The molecule has 1 aliphatic carbocycles. The van der Waals surface area contributed by atoms with E-state index >= 15 is 0 Å². The van der Waals surface area contributed by atoms with Crippen LogP contribution in [0, 0.1) is 5.41 Å². The van der Waals surface area contributed by atoms with E-state index in [9.17, 15) is 0 Å². The first kappa shape index (κ1) is 10.7. The second-order valence-electron chi connectivity index (χ2n) is 5.07. The molecule has 0 unspecified atom stereocenters. The van der Waals surface area contributed by atoms with E-state index in [1.165, 1.54) is 31.4 Å². The quantitative estimate of drug-likeness (QED) is 0.819. The van der Waals surface area contributed by atoms with Crippen LogP contribution in [0.25, 0.3) is 0 Å². The Morgan fingerprint density at radius 3 is 2.80 bits per heavy atom. The lowest BCUT2D eigenvalue weighted by molar-refractivity contribution is 0.313. The standard InChI is InChI=1S/C12H21N3/c1-12(6-3-4-7-12)10-13-9-11-5-8-14-15(11)2/h5,8,13H,3-4,6-7,9-10H2,1-2H3. The van der Waals surface area contributed by atoms with Gasteiger partial charge >= 0.3 is 0 Å². The van der Waals surface area contributed by atoms with E-state index < -0.39 is 0 Å². The first-order valence-electron chi connectivity index (χ1n) is 5.87. The fraction of sp³-hybridized carbons (Fsp3) is 0.750. The highest BCUT2D eigenvalue weighted by Gasteiger charge is 2.27. The third-order valence-electron chi connectivity index (χ3n) is 3.59. The first-order chi connectivity index (χ1) is 7.20. The van der Waals surface area contributed by atoms with Crippen molar-refractivity contribution in [2.75, 3.05) is 6.54 Å². The Hall–Kier alpha value is -0.830. The maximum absolute atomic E-state index is 4.16. The van der Waals surface area contributed by atoms with Gasteiger partial charge in [0.05, 0.1) is 5.69 Å². The Bertz CT molecular complexity index is 310. The van der Waals surface area contributed by atoms with Crippen LogP contribution >= 0.6 is 0 Å². The van der Waals surface area contributed by atoms with Crippen LogP contribution < -0.4 is 5.32 Å². The van der Waals surface area contributed by atoms with E-state index in [2.05, 4.69) is 23.4 Å². The summed E-state index contributed by atoms with van der Waals surface area (Å²) in [5, 5.41) is 7.71. The van der Waals surface area contributed by atoms with Gasteiger partial charge in [-0.25, -0.2) is 0 Å². The summed E-state index contributed by atoms with van der Waals surface area (Å²) in [5.74, 6) is 0. The summed E-state index contributed by atoms with van der Waals surface area (Å²) in [6, 6.07) is 2.07. The molecular weight excluding hydrogens is 186 g/mol. The topological polar surface area (TPSA) is 29.9 Å². The molecule has 3 nitrogen and oxygen atoms in total. The number of nitrogens with zero attached hydrogens (tertiary/aromatic N) is 2. The molecule has 1 aliphatic rings. The van der Waals surface area contributed by atoms with Gasteiger partial charge in [-0.2, -0.15) is 5.10 Å². The Morgan fingerprint density at radius 2 is 2.20 bits per heavy atom. The maximum Gasteiger partial charge on any atom is 0.0518 e. The minimum atomic E-state index is 0.540. The highest BCUT2D eigenvalue weighted by Crippen LogP contribution is 2.36. The molecule has 1 heterocycles. The zero-order valence-electron chi connectivity index (χ0n) is 9.79. The Balaban J connectivity index is 1.77. The zero-order chi connectivity index (χ0) is 10.7. The Morgan fingerprint density at radius 1 is 1.47 bits per heavy atom. The van der Waals surface area contributed by atoms with Gasteiger partial charge in [-0.1, -0.05) is 19.8 Å². The predicted molar refractivity (Wildman–Crippen MR) is 61.5 cm³/mol. The lowest BCUT2D eigenvalue weighted by Gasteiger charge is -2.23. The zero-order valence-corrected chi connectivity index (χ0v) is 9.79. The van der Waals surface area contributed by atoms with Crippen LogP contribution in [0.3, 0.4) is 0 Å². The number of hydrogen-bond donors (Lipinski definition) is 1. The molecule has 3 heteroatoms. The third kappa shape index (κ3) is 2.59. The van der Waals surface area contributed by atoms with Crippen molar-refractivity contribution in [3.8, 4) is 0 Å². The van der Waals surface area contributed by atoms with Crippen LogP contribution in [-0.2, 0) is 13.6 Å². The molecule has 1 aromatic heterocycles. The second-order valence-corrected chi connectivity index (χ2v) is 5.07. The van der Waals surface area contributed by atoms with Crippen molar-refractivity contribution in [1.82, 2.24) is 15.1 Å². The van der Waals surface area contributed by atoms with Crippen molar-refractivity contribution in [3.63, 3.8) is 0 Å². The van der Waals surface area contributed by atoms with Gasteiger partial charge in [0.15, 0.2) is 0 Å². The lowest BCUT2D eigenvalue weighted by atomic mass is 9.89. The normalized spacial score (nSPS) is 19.6. The van der Waals surface area contributed by atoms with Gasteiger partial charge in [-0.15, -0.1) is 0 Å². The molecule has 15 heavy (non-hydrogen) atoms. The van der Waals surface area contributed by atoms with Crippen LogP contribution in [0.1, 0.15) is 38.3 Å². The van der Waals surface area contributed by atoms with Crippen LogP contribution in [0.5, 0.6) is 0 Å². The molecule has 1 saturated carbocycles. The molecule has 1 aromatic rings. The average Bonchev–Trinajstić information content (AvgIpc) is 2.78. The van der Waals surface area contributed by atoms with Crippen molar-refractivity contribution in [1.29, 1.82) is 0 Å². The summed E-state index contributed by atoms with van der Waals surface area (Å²) in [5.41, 5.74) is 1.80. The molecule has 0 radical (unpaired) electrons. The molecule has 0 aromatic carbocycles. The smallest absolute Gasteiger partial charge is 0.0518 e. The molecule has 0 bridgehead atoms. The first-order valence-corrected chi connectivity index (χ1v) is 5.87. The molecule has 1 fully saturated rings. The lowest BCUT2D eigenvalue weighted by Crippen LogP contribution is -2.29. The average molecular weight is 207 g/mol. The van der Waals surface area contributed by atoms with Gasteiger partial charge in [0.1, 0.15) is 0 Å². The minimum Gasteiger partial charge on any atom is -0.311 e. The van der Waals surface area contributed by atoms with E-state index in [1.54, 1.807) is 0 Å². The third-order valence-corrected chi connectivity index (χ3v) is 3.59. The van der Waals surface area contributed by atoms with E-state index in [-0.39, 0.29) is 0 Å². The minimum absolute atomic E-state index is 0.540. The highest BCUT2D eigenvalue weighted by molar-refractivity contribution is 4.99. The summed E-state index contributed by atoms with van der Waals surface area (Å²) in [6.07, 6.45) is 7.43. The molecular formula is C12H21N3. The molecule has 0 atom stereocenters. The van der Waals surface area contributed by atoms with Crippen molar-refractivity contribution in [3.05, 3.63) is 18.0 Å². The molecule has 2 rings (SSSR count).